The summed E-state index contributed by atoms with van der Waals surface area (Å²) in [5, 5.41) is 2.70. The molecule has 176 valence electrons. The first-order valence-electron chi connectivity index (χ1n) is 10.00. The molecule has 0 aliphatic carbocycles. The molecule has 3 aromatic rings. The molecule has 34 heavy (non-hydrogen) atoms. The fraction of sp³-hybridized carbons (Fsp3) is 0.125. The Hall–Kier alpha value is -3.79. The molecule has 0 bridgehead atoms. The Bertz CT molecular complexity index is 1410. The molecule has 1 aliphatic rings. The van der Waals surface area contributed by atoms with E-state index in [9.17, 15) is 26.4 Å². The van der Waals surface area contributed by atoms with E-state index in [0.29, 0.717) is 17.0 Å². The van der Waals surface area contributed by atoms with Crippen LogP contribution < -0.4 is 14.8 Å². The van der Waals surface area contributed by atoms with Gasteiger partial charge in [-0.1, -0.05) is 6.07 Å². The molecular weight excluding hydrogens is 469 g/mol. The highest BCUT2D eigenvalue weighted by Gasteiger charge is 2.30. The Labute approximate surface area is 194 Å². The van der Waals surface area contributed by atoms with Gasteiger partial charge in [-0.2, -0.15) is 13.2 Å². The van der Waals surface area contributed by atoms with Crippen molar-refractivity contribution < 1.29 is 31.1 Å². The van der Waals surface area contributed by atoms with E-state index in [1.54, 1.807) is 25.3 Å². The number of ether oxygens (including phenoxy) is 1. The van der Waals surface area contributed by atoms with E-state index in [4.69, 9.17) is 4.74 Å². The number of alkyl halides is 3. The number of sulfonamides is 1. The summed E-state index contributed by atoms with van der Waals surface area (Å²) in [7, 11) is -2.57. The van der Waals surface area contributed by atoms with E-state index < -0.39 is 21.8 Å². The Kier molecular flexibility index (Phi) is 5.86. The molecule has 0 spiro atoms. The molecule has 3 aromatic carbocycles. The van der Waals surface area contributed by atoms with Crippen LogP contribution in [0.25, 0.3) is 11.6 Å². The van der Waals surface area contributed by atoms with Crippen LogP contribution in [0.1, 0.15) is 22.3 Å². The van der Waals surface area contributed by atoms with Gasteiger partial charge in [0.05, 0.1) is 17.6 Å². The number of amides is 1. The predicted molar refractivity (Wildman–Crippen MR) is 123 cm³/mol. The third-order valence-corrected chi connectivity index (χ3v) is 6.66. The summed E-state index contributed by atoms with van der Waals surface area (Å²) in [6.45, 7) is 1.86. The maximum Gasteiger partial charge on any atom is 0.416 e. The molecule has 1 aliphatic heterocycles. The minimum absolute atomic E-state index is 0.0211. The van der Waals surface area contributed by atoms with Crippen LogP contribution in [0.5, 0.6) is 5.75 Å². The molecule has 0 fully saturated rings. The molecule has 4 rings (SSSR count). The van der Waals surface area contributed by atoms with Crippen LogP contribution in [0.4, 0.5) is 24.5 Å². The minimum atomic E-state index is -4.53. The number of halogens is 3. The van der Waals surface area contributed by atoms with Gasteiger partial charge >= 0.3 is 6.18 Å². The molecular formula is C24H19F3N2O4S. The van der Waals surface area contributed by atoms with Crippen LogP contribution in [-0.2, 0) is 21.0 Å². The normalized spacial score (nSPS) is 14.6. The van der Waals surface area contributed by atoms with Crippen LogP contribution >= 0.6 is 0 Å². The number of nitrogens with one attached hydrogen (secondary N) is 2. The molecule has 6 nitrogen and oxygen atoms in total. The second-order valence-electron chi connectivity index (χ2n) is 7.63. The van der Waals surface area contributed by atoms with E-state index in [2.05, 4.69) is 10.0 Å². The van der Waals surface area contributed by atoms with Crippen LogP contribution in [0.2, 0.25) is 0 Å². The lowest BCUT2D eigenvalue weighted by Crippen LogP contribution is -2.13. The maximum absolute atomic E-state index is 12.9. The highest BCUT2D eigenvalue weighted by molar-refractivity contribution is 7.92. The molecule has 0 atom stereocenters. The molecule has 1 amide bonds. The fourth-order valence-electron chi connectivity index (χ4n) is 3.58. The van der Waals surface area contributed by atoms with Crippen molar-refractivity contribution in [3.8, 4) is 5.75 Å². The number of methoxy groups -OCH3 is 1. The number of carbonyl (C=O) groups is 1. The number of rotatable bonds is 5. The van der Waals surface area contributed by atoms with Gasteiger partial charge in [0.2, 0.25) is 0 Å². The molecule has 0 saturated heterocycles. The Morgan fingerprint density at radius 2 is 1.71 bits per heavy atom. The highest BCUT2D eigenvalue weighted by atomic mass is 32.2. The number of aryl methyl sites for hydroxylation is 1. The van der Waals surface area contributed by atoms with Crippen molar-refractivity contribution in [2.24, 2.45) is 0 Å². The van der Waals surface area contributed by atoms with Gasteiger partial charge in [-0.05, 0) is 78.7 Å². The number of hydrogen-bond donors (Lipinski definition) is 2. The number of carbonyl (C=O) groups excluding carboxylic acids is 1. The summed E-state index contributed by atoms with van der Waals surface area (Å²) in [5.41, 5.74) is 1.82. The van der Waals surface area contributed by atoms with Gasteiger partial charge in [0.25, 0.3) is 15.9 Å². The van der Waals surface area contributed by atoms with Gasteiger partial charge in [0, 0.05) is 22.5 Å². The standard InChI is InChI=1S/C24H19F3N2O4S/c1-14-11-15(3-10-22(14)33-2)12-20-19-13-18(8-9-21(19)28-23(20)30)34(31,32)29-17-6-4-16(5-7-17)24(25,26)27/h3-13,29H,1-2H3,(H,28,30). The largest absolute Gasteiger partial charge is 0.496 e. The van der Waals surface area contributed by atoms with Crippen LogP contribution in [-0.4, -0.2) is 21.4 Å². The first-order valence-corrected chi connectivity index (χ1v) is 11.5. The second-order valence-corrected chi connectivity index (χ2v) is 9.31. The zero-order valence-electron chi connectivity index (χ0n) is 18.0. The Balaban J connectivity index is 1.66. The lowest BCUT2D eigenvalue weighted by atomic mass is 10.0. The van der Waals surface area contributed by atoms with Crippen LogP contribution in [0, 0.1) is 6.92 Å². The zero-order valence-corrected chi connectivity index (χ0v) is 18.8. The number of benzene rings is 3. The average Bonchev–Trinajstić information content (AvgIpc) is 3.08. The molecule has 0 saturated carbocycles. The molecule has 0 aromatic heterocycles. The van der Waals surface area contributed by atoms with Crippen molar-refractivity contribution in [1.82, 2.24) is 0 Å². The number of fused-ring (bicyclic) bond motifs is 1. The smallest absolute Gasteiger partial charge is 0.416 e. The summed E-state index contributed by atoms with van der Waals surface area (Å²) in [4.78, 5) is 12.4. The van der Waals surface area contributed by atoms with Gasteiger partial charge in [0.1, 0.15) is 5.75 Å². The molecule has 10 heteroatoms. The van der Waals surface area contributed by atoms with Crippen molar-refractivity contribution in [3.05, 3.63) is 82.9 Å². The van der Waals surface area contributed by atoms with Crippen molar-refractivity contribution >= 4 is 39.0 Å². The monoisotopic (exact) mass is 488 g/mol. The van der Waals surface area contributed by atoms with Gasteiger partial charge in [0.15, 0.2) is 0 Å². The van der Waals surface area contributed by atoms with E-state index in [0.717, 1.165) is 35.4 Å². The van der Waals surface area contributed by atoms with E-state index in [-0.39, 0.29) is 22.1 Å². The Morgan fingerprint density at radius 3 is 2.32 bits per heavy atom. The SMILES string of the molecule is COc1ccc(C=C2C(=O)Nc3ccc(S(=O)(=O)Nc4ccc(C(F)(F)F)cc4)cc32)cc1C. The first kappa shape index (κ1) is 23.4. The van der Waals surface area contributed by atoms with E-state index in [1.807, 2.05) is 13.0 Å². The number of hydrogen-bond acceptors (Lipinski definition) is 4. The molecule has 1 heterocycles. The summed E-state index contributed by atoms with van der Waals surface area (Å²) < 4.78 is 71.5. The summed E-state index contributed by atoms with van der Waals surface area (Å²) in [5.74, 6) is 0.315. The minimum Gasteiger partial charge on any atom is -0.496 e. The lowest BCUT2D eigenvalue weighted by molar-refractivity contribution is -0.137. The number of anilines is 2. The lowest BCUT2D eigenvalue weighted by Gasteiger charge is -2.11. The second kappa shape index (κ2) is 8.53. The van der Waals surface area contributed by atoms with Gasteiger partial charge < -0.3 is 10.1 Å². The van der Waals surface area contributed by atoms with Crippen LogP contribution in [0.3, 0.4) is 0 Å². The quantitative estimate of drug-likeness (QED) is 0.477. The third kappa shape index (κ3) is 4.62. The molecule has 0 radical (unpaired) electrons. The average molecular weight is 488 g/mol. The summed E-state index contributed by atoms with van der Waals surface area (Å²) >= 11 is 0. The van der Waals surface area contributed by atoms with E-state index >= 15 is 0 Å². The molecule has 0 unspecified atom stereocenters. The van der Waals surface area contributed by atoms with Gasteiger partial charge in [-0.3, -0.25) is 9.52 Å². The van der Waals surface area contributed by atoms with Crippen molar-refractivity contribution in [3.63, 3.8) is 0 Å². The predicted octanol–water partition coefficient (Wildman–Crippen LogP) is 5.32. The van der Waals surface area contributed by atoms with E-state index in [1.165, 1.54) is 18.2 Å². The van der Waals surface area contributed by atoms with Crippen molar-refractivity contribution in [2.45, 2.75) is 18.0 Å². The Morgan fingerprint density at radius 1 is 1.00 bits per heavy atom. The maximum atomic E-state index is 12.9. The third-order valence-electron chi connectivity index (χ3n) is 5.28. The van der Waals surface area contributed by atoms with Gasteiger partial charge in [-0.15, -0.1) is 0 Å². The summed E-state index contributed by atoms with van der Waals surface area (Å²) in [6, 6.07) is 13.2. The highest BCUT2D eigenvalue weighted by Crippen LogP contribution is 2.36. The first-order chi connectivity index (χ1) is 16.0. The van der Waals surface area contributed by atoms with Crippen LogP contribution in [0.15, 0.2) is 65.6 Å². The molecule has 2 N–H and O–H groups in total. The van der Waals surface area contributed by atoms with Crippen molar-refractivity contribution in [1.29, 1.82) is 0 Å². The summed E-state index contributed by atoms with van der Waals surface area (Å²) in [6.07, 6.45) is -2.88. The zero-order chi connectivity index (χ0) is 24.7. The topological polar surface area (TPSA) is 84.5 Å². The fourth-order valence-corrected chi connectivity index (χ4v) is 4.66. The van der Waals surface area contributed by atoms with Gasteiger partial charge in [-0.25, -0.2) is 8.42 Å². The van der Waals surface area contributed by atoms with Crippen molar-refractivity contribution in [2.75, 3.05) is 17.1 Å².